The van der Waals surface area contributed by atoms with E-state index in [1.54, 1.807) is 23.5 Å². The lowest BCUT2D eigenvalue weighted by molar-refractivity contribution is -0.153. The molecule has 3 aromatic heterocycles. The zero-order chi connectivity index (χ0) is 27.9. The van der Waals surface area contributed by atoms with Crippen molar-refractivity contribution in [3.63, 3.8) is 0 Å². The van der Waals surface area contributed by atoms with Crippen molar-refractivity contribution in [3.05, 3.63) is 47.0 Å². The number of amides is 1. The summed E-state index contributed by atoms with van der Waals surface area (Å²) in [5.41, 5.74) is 0.473. The Labute approximate surface area is 222 Å². The molecule has 38 heavy (non-hydrogen) atoms. The molecular weight excluding hydrogens is 549 g/mol. The second-order valence-electron chi connectivity index (χ2n) is 9.72. The fraction of sp³-hybridized carbons (Fsp3) is 0.458. The first-order valence-corrected chi connectivity index (χ1v) is 13.9. The molecule has 9 nitrogen and oxygen atoms in total. The number of pyridine rings is 2. The van der Waals surface area contributed by atoms with Gasteiger partial charge >= 0.3 is 6.18 Å². The highest BCUT2D eigenvalue weighted by Gasteiger charge is 2.35. The summed E-state index contributed by atoms with van der Waals surface area (Å²) in [5.74, 6) is -0.827. The summed E-state index contributed by atoms with van der Waals surface area (Å²) in [6.07, 6.45) is -1.21. The van der Waals surface area contributed by atoms with Gasteiger partial charge in [0.25, 0.3) is 11.8 Å². The summed E-state index contributed by atoms with van der Waals surface area (Å²) < 4.78 is 74.2. The molecule has 0 bridgehead atoms. The highest BCUT2D eigenvalue weighted by Crippen LogP contribution is 2.36. The molecular formula is C24H26ClF3N4O5S. The Bertz CT molecular complexity index is 1460. The van der Waals surface area contributed by atoms with E-state index in [1.807, 2.05) is 13.8 Å². The lowest BCUT2D eigenvalue weighted by Crippen LogP contribution is -2.51. The van der Waals surface area contributed by atoms with Gasteiger partial charge in [-0.05, 0) is 37.8 Å². The van der Waals surface area contributed by atoms with Crippen molar-refractivity contribution in [2.45, 2.75) is 51.2 Å². The minimum absolute atomic E-state index is 0.000545. The third-order valence-electron chi connectivity index (χ3n) is 6.14. The zero-order valence-corrected chi connectivity index (χ0v) is 22.4. The minimum atomic E-state index is -4.57. The Kier molecular flexibility index (Phi) is 7.54. The van der Waals surface area contributed by atoms with Crippen LogP contribution in [0.2, 0.25) is 5.02 Å². The van der Waals surface area contributed by atoms with Gasteiger partial charge in [0.05, 0.1) is 22.2 Å². The summed E-state index contributed by atoms with van der Waals surface area (Å²) in [5, 5.41) is 2.98. The quantitative estimate of drug-likeness (QED) is 0.425. The molecule has 4 heterocycles. The maximum atomic E-state index is 13.0. The van der Waals surface area contributed by atoms with Crippen molar-refractivity contribution in [3.8, 4) is 17.4 Å². The van der Waals surface area contributed by atoms with Crippen LogP contribution in [0.25, 0.3) is 5.65 Å². The van der Waals surface area contributed by atoms with Gasteiger partial charge in [0.1, 0.15) is 26.9 Å². The number of aromatic nitrogens is 3. The summed E-state index contributed by atoms with van der Waals surface area (Å²) in [6, 6.07) is 4.36. The van der Waals surface area contributed by atoms with Gasteiger partial charge in [-0.3, -0.25) is 9.20 Å². The number of alkyl halides is 3. The molecule has 0 spiro atoms. The summed E-state index contributed by atoms with van der Waals surface area (Å²) in [7, 11) is -3.10. The second-order valence-corrected chi connectivity index (χ2v) is 12.5. The minimum Gasteiger partial charge on any atom is -0.478 e. The number of hydrogen-bond acceptors (Lipinski definition) is 7. The molecule has 3 aromatic rings. The molecule has 0 saturated carbocycles. The Morgan fingerprint density at radius 2 is 1.92 bits per heavy atom. The van der Waals surface area contributed by atoms with Crippen LogP contribution < -0.4 is 14.8 Å². The van der Waals surface area contributed by atoms with Crippen molar-refractivity contribution >= 4 is 33.0 Å². The number of halogens is 4. The average Bonchev–Trinajstić information content (AvgIpc) is 3.25. The number of nitrogens with one attached hydrogen (secondary N) is 1. The molecule has 0 aromatic carbocycles. The SMILES string of the molecule is CC(C)c1c(Oc2ncc(Cl)cc2OCC(F)(F)F)ccc2nc(C(=O)NC3(C)CCS(=O)(=O)CC3)cn12. The van der Waals surface area contributed by atoms with Crippen LogP contribution in [0.15, 0.2) is 30.6 Å². The molecule has 0 atom stereocenters. The van der Waals surface area contributed by atoms with E-state index in [4.69, 9.17) is 21.1 Å². The molecule has 1 saturated heterocycles. The number of rotatable bonds is 7. The lowest BCUT2D eigenvalue weighted by atomic mass is 9.95. The van der Waals surface area contributed by atoms with E-state index >= 15 is 0 Å². The summed E-state index contributed by atoms with van der Waals surface area (Å²) in [6.45, 7) is 4.01. The number of imidazole rings is 1. The first-order chi connectivity index (χ1) is 17.6. The number of carbonyl (C=O) groups is 1. The standard InChI is InChI=1S/C24H26ClF3N4O5S/c1-14(2)20-17(37-22-18(10-15(25)11-29-22)36-13-24(26,27)28)4-5-19-30-16(12-32(19)20)21(33)31-23(3)6-8-38(34,35)9-7-23/h4-5,10-12,14H,6-9,13H2,1-3H3,(H,31,33). The van der Waals surface area contributed by atoms with Crippen LogP contribution >= 0.6 is 11.6 Å². The average molecular weight is 575 g/mol. The van der Waals surface area contributed by atoms with Gasteiger partial charge in [0.2, 0.25) is 0 Å². The topological polar surface area (TPSA) is 112 Å². The zero-order valence-electron chi connectivity index (χ0n) is 20.8. The second kappa shape index (κ2) is 10.3. The van der Waals surface area contributed by atoms with E-state index in [-0.39, 0.29) is 45.5 Å². The molecule has 1 N–H and O–H groups in total. The van der Waals surface area contributed by atoms with Gasteiger partial charge in [0, 0.05) is 24.0 Å². The Morgan fingerprint density at radius 1 is 1.24 bits per heavy atom. The van der Waals surface area contributed by atoms with Gasteiger partial charge in [-0.15, -0.1) is 0 Å². The van der Waals surface area contributed by atoms with Crippen molar-refractivity contribution in [2.75, 3.05) is 18.1 Å². The smallest absolute Gasteiger partial charge is 0.422 e. The number of ether oxygens (including phenoxy) is 2. The number of carbonyl (C=O) groups excluding carboxylic acids is 1. The molecule has 206 valence electrons. The van der Waals surface area contributed by atoms with E-state index in [2.05, 4.69) is 15.3 Å². The first-order valence-electron chi connectivity index (χ1n) is 11.7. The third kappa shape index (κ3) is 6.49. The molecule has 1 fully saturated rings. The predicted octanol–water partition coefficient (Wildman–Crippen LogP) is 4.94. The molecule has 0 aliphatic carbocycles. The number of fused-ring (bicyclic) bond motifs is 1. The van der Waals surface area contributed by atoms with E-state index in [0.717, 1.165) is 0 Å². The van der Waals surface area contributed by atoms with Crippen LogP contribution in [0.3, 0.4) is 0 Å². The Morgan fingerprint density at radius 3 is 2.55 bits per heavy atom. The van der Waals surface area contributed by atoms with E-state index in [0.29, 0.717) is 24.2 Å². The van der Waals surface area contributed by atoms with E-state index in [9.17, 15) is 26.4 Å². The van der Waals surface area contributed by atoms with Crippen LogP contribution in [0, 0.1) is 0 Å². The fourth-order valence-corrected chi connectivity index (χ4v) is 6.00. The van der Waals surface area contributed by atoms with Gasteiger partial charge in [0.15, 0.2) is 12.4 Å². The largest absolute Gasteiger partial charge is 0.478 e. The molecule has 1 aliphatic heterocycles. The van der Waals surface area contributed by atoms with Crippen LogP contribution in [0.5, 0.6) is 17.4 Å². The van der Waals surface area contributed by atoms with E-state index in [1.165, 1.54) is 18.5 Å². The molecule has 0 unspecified atom stereocenters. The number of nitrogens with zero attached hydrogens (tertiary/aromatic N) is 3. The first kappa shape index (κ1) is 28.0. The summed E-state index contributed by atoms with van der Waals surface area (Å²) in [4.78, 5) is 21.4. The molecule has 14 heteroatoms. The fourth-order valence-electron chi connectivity index (χ4n) is 4.12. The summed E-state index contributed by atoms with van der Waals surface area (Å²) >= 11 is 5.90. The molecule has 0 radical (unpaired) electrons. The lowest BCUT2D eigenvalue weighted by Gasteiger charge is -2.34. The monoisotopic (exact) mass is 574 g/mol. The Hall–Kier alpha value is -3.06. The third-order valence-corrected chi connectivity index (χ3v) is 8.00. The highest BCUT2D eigenvalue weighted by molar-refractivity contribution is 7.91. The maximum Gasteiger partial charge on any atom is 0.422 e. The molecule has 1 aliphatic rings. The van der Waals surface area contributed by atoms with Crippen LogP contribution in [-0.4, -0.2) is 58.5 Å². The normalized spacial score (nSPS) is 16.9. The van der Waals surface area contributed by atoms with Crippen LogP contribution in [0.1, 0.15) is 55.7 Å². The predicted molar refractivity (Wildman–Crippen MR) is 134 cm³/mol. The molecule has 4 rings (SSSR count). The maximum absolute atomic E-state index is 13.0. The van der Waals surface area contributed by atoms with Crippen molar-refractivity contribution in [1.29, 1.82) is 0 Å². The van der Waals surface area contributed by atoms with Gasteiger partial charge < -0.3 is 14.8 Å². The van der Waals surface area contributed by atoms with Crippen LogP contribution in [0.4, 0.5) is 13.2 Å². The van der Waals surface area contributed by atoms with Crippen molar-refractivity contribution in [2.24, 2.45) is 0 Å². The van der Waals surface area contributed by atoms with E-state index < -0.39 is 34.1 Å². The van der Waals surface area contributed by atoms with Gasteiger partial charge in [-0.2, -0.15) is 13.2 Å². The molecule has 1 amide bonds. The van der Waals surface area contributed by atoms with Crippen molar-refractivity contribution < 1.29 is 35.9 Å². The number of hydrogen-bond donors (Lipinski definition) is 1. The van der Waals surface area contributed by atoms with Gasteiger partial charge in [-0.1, -0.05) is 25.4 Å². The Balaban J connectivity index is 1.63. The number of sulfone groups is 1. The highest BCUT2D eigenvalue weighted by atomic mass is 35.5. The van der Waals surface area contributed by atoms with Gasteiger partial charge in [-0.25, -0.2) is 18.4 Å². The van der Waals surface area contributed by atoms with Crippen molar-refractivity contribution in [1.82, 2.24) is 19.7 Å². The van der Waals surface area contributed by atoms with Crippen LogP contribution in [-0.2, 0) is 9.84 Å².